The molecule has 2 aromatic carbocycles. The minimum atomic E-state index is -4.51. The van der Waals surface area contributed by atoms with Gasteiger partial charge in [-0.1, -0.05) is 47.5 Å². The Bertz CT molecular complexity index is 1260. The van der Waals surface area contributed by atoms with Crippen molar-refractivity contribution in [2.24, 2.45) is 0 Å². The number of fused-ring (bicyclic) bond motifs is 1. The maximum absolute atomic E-state index is 13.4. The summed E-state index contributed by atoms with van der Waals surface area (Å²) in [5.41, 5.74) is 2.31. The van der Waals surface area contributed by atoms with Gasteiger partial charge < -0.3 is 4.55 Å². The van der Waals surface area contributed by atoms with Crippen LogP contribution >= 0.6 is 0 Å². The highest BCUT2D eigenvalue weighted by Crippen LogP contribution is 2.37. The van der Waals surface area contributed by atoms with E-state index in [-0.39, 0.29) is 11.3 Å². The smallest absolute Gasteiger partial charge is 0.418 e. The van der Waals surface area contributed by atoms with Gasteiger partial charge in [0.2, 0.25) is 0 Å². The average Bonchev–Trinajstić information content (AvgIpc) is 2.72. The van der Waals surface area contributed by atoms with Gasteiger partial charge in [-0.2, -0.15) is 13.2 Å². The third kappa shape index (κ3) is 4.10. The van der Waals surface area contributed by atoms with Crippen molar-refractivity contribution >= 4 is 22.0 Å². The van der Waals surface area contributed by atoms with E-state index in [2.05, 4.69) is 9.97 Å². The zero-order valence-electron chi connectivity index (χ0n) is 15.4. The lowest BCUT2D eigenvalue weighted by Crippen LogP contribution is -2.06. The van der Waals surface area contributed by atoms with E-state index in [1.54, 1.807) is 48.7 Å². The maximum Gasteiger partial charge on any atom is 0.418 e. The van der Waals surface area contributed by atoms with E-state index in [0.29, 0.717) is 22.2 Å². The highest BCUT2D eigenvalue weighted by atomic mass is 32.2. The van der Waals surface area contributed by atoms with Crippen molar-refractivity contribution in [1.82, 2.24) is 9.97 Å². The van der Waals surface area contributed by atoms with Crippen LogP contribution in [0, 0.1) is 0 Å². The number of halogens is 3. The third-order valence-electron chi connectivity index (χ3n) is 4.66. The molecular weight excluding hydrogens is 413 g/mol. The molecule has 4 nitrogen and oxygen atoms in total. The molecule has 2 heterocycles. The SMILES string of the molecule is O=S([O-])Cc1cccc(-c2ccnc(-c3ccnc4c(C(F)(F)F)cccc34)c2)c1. The summed E-state index contributed by atoms with van der Waals surface area (Å²) >= 11 is -2.20. The van der Waals surface area contributed by atoms with Crippen molar-refractivity contribution in [2.45, 2.75) is 11.9 Å². The molecule has 0 amide bonds. The largest absolute Gasteiger partial charge is 0.772 e. The van der Waals surface area contributed by atoms with Crippen molar-refractivity contribution in [3.8, 4) is 22.4 Å². The molecule has 0 aliphatic heterocycles. The molecule has 0 bridgehead atoms. The predicted molar refractivity (Wildman–Crippen MR) is 108 cm³/mol. The van der Waals surface area contributed by atoms with Crippen molar-refractivity contribution in [1.29, 1.82) is 0 Å². The van der Waals surface area contributed by atoms with E-state index >= 15 is 0 Å². The fourth-order valence-electron chi connectivity index (χ4n) is 3.36. The molecule has 0 spiro atoms. The minimum absolute atomic E-state index is 0.0962. The van der Waals surface area contributed by atoms with Crippen LogP contribution in [0.15, 0.2) is 73.1 Å². The summed E-state index contributed by atoms with van der Waals surface area (Å²) in [7, 11) is 0. The first kappa shape index (κ1) is 20.2. The van der Waals surface area contributed by atoms with E-state index < -0.39 is 22.8 Å². The highest BCUT2D eigenvalue weighted by Gasteiger charge is 2.33. The lowest BCUT2D eigenvalue weighted by Gasteiger charge is -2.12. The van der Waals surface area contributed by atoms with Crippen LogP contribution in [-0.4, -0.2) is 18.7 Å². The Morgan fingerprint density at radius 3 is 2.40 bits per heavy atom. The standard InChI is InChI=1S/C22H15F3N2O2S/c23-22(24,25)19-6-2-5-18-17(8-10-27-21(18)19)20-12-16(7-9-26-20)15-4-1-3-14(11-15)13-30(28)29/h1-12H,13H2,(H,28,29)/p-1. The Balaban J connectivity index is 1.82. The van der Waals surface area contributed by atoms with Crippen molar-refractivity contribution in [3.05, 3.63) is 84.2 Å². The van der Waals surface area contributed by atoms with Crippen molar-refractivity contribution in [3.63, 3.8) is 0 Å². The van der Waals surface area contributed by atoms with Gasteiger partial charge in [-0.25, -0.2) is 0 Å². The molecule has 1 atom stereocenters. The van der Waals surface area contributed by atoms with Crippen molar-refractivity contribution < 1.29 is 21.9 Å². The Morgan fingerprint density at radius 2 is 1.63 bits per heavy atom. The number of hydrogen-bond acceptors (Lipinski definition) is 4. The molecule has 152 valence electrons. The first-order valence-corrected chi connectivity index (χ1v) is 10.1. The number of benzene rings is 2. The second kappa shape index (κ2) is 7.97. The number of aromatic nitrogens is 2. The second-order valence-corrected chi connectivity index (χ2v) is 7.53. The normalized spacial score (nSPS) is 12.8. The number of pyridine rings is 2. The van der Waals surface area contributed by atoms with Crippen LogP contribution < -0.4 is 0 Å². The molecule has 30 heavy (non-hydrogen) atoms. The molecule has 1 unspecified atom stereocenters. The van der Waals surface area contributed by atoms with Gasteiger partial charge in [-0.15, -0.1) is 0 Å². The van der Waals surface area contributed by atoms with Gasteiger partial charge >= 0.3 is 6.18 Å². The lowest BCUT2D eigenvalue weighted by molar-refractivity contribution is -0.136. The van der Waals surface area contributed by atoms with E-state index in [1.165, 1.54) is 12.3 Å². The van der Waals surface area contributed by atoms with Crippen LogP contribution in [0.5, 0.6) is 0 Å². The Labute approximate surface area is 172 Å². The number of alkyl halides is 3. The number of hydrogen-bond donors (Lipinski definition) is 0. The van der Waals surface area contributed by atoms with Crippen LogP contribution in [0.4, 0.5) is 13.2 Å². The predicted octanol–water partition coefficient (Wildman–Crippen LogP) is 5.36. The fourth-order valence-corrected chi connectivity index (χ4v) is 3.81. The molecular formula is C22H14F3N2O2S-. The highest BCUT2D eigenvalue weighted by molar-refractivity contribution is 7.78. The molecule has 0 saturated heterocycles. The topological polar surface area (TPSA) is 65.9 Å². The number of rotatable bonds is 4. The second-order valence-electron chi connectivity index (χ2n) is 6.64. The van der Waals surface area contributed by atoms with Crippen LogP contribution in [0.3, 0.4) is 0 Å². The van der Waals surface area contributed by atoms with E-state index in [4.69, 9.17) is 0 Å². The summed E-state index contributed by atoms with van der Waals surface area (Å²) in [6.45, 7) is 0. The van der Waals surface area contributed by atoms with Crippen LogP contribution in [0.1, 0.15) is 11.1 Å². The van der Waals surface area contributed by atoms with Gasteiger partial charge in [0, 0.05) is 29.1 Å². The first-order chi connectivity index (χ1) is 14.3. The van der Waals surface area contributed by atoms with Gasteiger partial charge in [0.25, 0.3) is 0 Å². The number of nitrogens with zero attached hydrogens (tertiary/aromatic N) is 2. The minimum Gasteiger partial charge on any atom is -0.772 e. The molecule has 4 aromatic rings. The van der Waals surface area contributed by atoms with Gasteiger partial charge in [-0.3, -0.25) is 14.2 Å². The molecule has 2 aromatic heterocycles. The van der Waals surface area contributed by atoms with E-state index in [0.717, 1.165) is 17.2 Å². The monoisotopic (exact) mass is 427 g/mol. The zero-order valence-corrected chi connectivity index (χ0v) is 16.2. The summed E-state index contributed by atoms with van der Waals surface area (Å²) in [5.74, 6) is -0.0962. The molecule has 0 radical (unpaired) electrons. The summed E-state index contributed by atoms with van der Waals surface area (Å²) in [6, 6.07) is 16.2. The Kier molecular flexibility index (Phi) is 5.36. The van der Waals surface area contributed by atoms with E-state index in [9.17, 15) is 21.9 Å². The quantitative estimate of drug-likeness (QED) is 0.411. The zero-order chi connectivity index (χ0) is 21.3. The molecule has 0 saturated carbocycles. The molecule has 0 fully saturated rings. The first-order valence-electron chi connectivity index (χ1n) is 8.89. The maximum atomic E-state index is 13.4. The van der Waals surface area contributed by atoms with E-state index in [1.807, 2.05) is 6.07 Å². The summed E-state index contributed by atoms with van der Waals surface area (Å²) < 4.78 is 62.1. The van der Waals surface area contributed by atoms with Gasteiger partial charge in [0.15, 0.2) is 0 Å². The fraction of sp³-hybridized carbons (Fsp3) is 0.0909. The van der Waals surface area contributed by atoms with Crippen LogP contribution in [-0.2, 0) is 23.0 Å². The van der Waals surface area contributed by atoms with Crippen LogP contribution in [0.2, 0.25) is 0 Å². The molecule has 0 aliphatic carbocycles. The van der Waals surface area contributed by atoms with Gasteiger partial charge in [0.1, 0.15) is 0 Å². The van der Waals surface area contributed by atoms with Gasteiger partial charge in [0.05, 0.1) is 16.8 Å². The number of para-hydroxylation sites is 1. The van der Waals surface area contributed by atoms with Crippen LogP contribution in [0.25, 0.3) is 33.3 Å². The average molecular weight is 427 g/mol. The summed E-state index contributed by atoms with van der Waals surface area (Å²) in [4.78, 5) is 8.29. The Morgan fingerprint density at radius 1 is 0.900 bits per heavy atom. The molecule has 0 aliphatic rings. The van der Waals surface area contributed by atoms with Gasteiger partial charge in [-0.05, 0) is 41.0 Å². The molecule has 8 heteroatoms. The summed E-state index contributed by atoms with van der Waals surface area (Å²) in [5, 5.41) is 0.354. The molecule has 4 rings (SSSR count). The lowest BCUT2D eigenvalue weighted by atomic mass is 9.99. The van der Waals surface area contributed by atoms with Crippen molar-refractivity contribution in [2.75, 3.05) is 0 Å². The third-order valence-corrected chi connectivity index (χ3v) is 5.23. The molecule has 0 N–H and O–H groups in total. The summed E-state index contributed by atoms with van der Waals surface area (Å²) in [6.07, 6.45) is -1.60. The Hall–Kier alpha value is -3.10.